The highest BCUT2D eigenvalue weighted by atomic mass is 35.5. The molecule has 194 valence electrons. The van der Waals surface area contributed by atoms with Gasteiger partial charge in [-0.15, -0.1) is 11.3 Å². The maximum atomic E-state index is 14.9. The van der Waals surface area contributed by atoms with Gasteiger partial charge in [0.1, 0.15) is 10.7 Å². The van der Waals surface area contributed by atoms with Gasteiger partial charge in [0, 0.05) is 30.6 Å². The van der Waals surface area contributed by atoms with Gasteiger partial charge in [0.25, 0.3) is 10.0 Å². The van der Waals surface area contributed by atoms with Crippen molar-refractivity contribution < 1.29 is 26.0 Å². The molecule has 1 aliphatic heterocycles. The van der Waals surface area contributed by atoms with Crippen LogP contribution in [0.2, 0.25) is 5.02 Å². The van der Waals surface area contributed by atoms with Gasteiger partial charge in [-0.1, -0.05) is 11.6 Å². The Labute approximate surface area is 214 Å². The van der Waals surface area contributed by atoms with E-state index >= 15 is 0 Å². The Balaban J connectivity index is 1.67. The van der Waals surface area contributed by atoms with Crippen LogP contribution in [0.1, 0.15) is 12.0 Å². The average Bonchev–Trinajstić information content (AvgIpc) is 3.47. The van der Waals surface area contributed by atoms with E-state index in [-0.39, 0.29) is 33.9 Å². The van der Waals surface area contributed by atoms with Gasteiger partial charge < -0.3 is 15.1 Å². The highest BCUT2D eigenvalue weighted by Crippen LogP contribution is 2.40. The van der Waals surface area contributed by atoms with Crippen LogP contribution in [0.3, 0.4) is 0 Å². The first-order valence-electron chi connectivity index (χ1n) is 10.6. The Bertz CT molecular complexity index is 1350. The number of hydrogen-bond acceptors (Lipinski definition) is 7. The topological polar surface area (TPSA) is 77.6 Å². The Morgan fingerprint density at radius 2 is 1.94 bits per heavy atom. The molecule has 7 nitrogen and oxygen atoms in total. The Kier molecular flexibility index (Phi) is 7.37. The largest absolute Gasteiger partial charge is 0.416 e. The normalized spacial score (nSPS) is 16.6. The van der Waals surface area contributed by atoms with Crippen molar-refractivity contribution in [3.05, 3.63) is 57.6 Å². The highest BCUT2D eigenvalue weighted by Gasteiger charge is 2.33. The minimum absolute atomic E-state index is 0.00569. The summed E-state index contributed by atoms with van der Waals surface area (Å²) in [6.07, 6.45) is -3.78. The molecule has 0 bridgehead atoms. The molecule has 1 aromatic heterocycles. The predicted molar refractivity (Wildman–Crippen MR) is 133 cm³/mol. The van der Waals surface area contributed by atoms with Crippen molar-refractivity contribution in [2.45, 2.75) is 23.5 Å². The lowest BCUT2D eigenvalue weighted by Gasteiger charge is -2.25. The number of alkyl halides is 3. The van der Waals surface area contributed by atoms with Gasteiger partial charge in [-0.2, -0.15) is 13.2 Å². The van der Waals surface area contributed by atoms with Crippen molar-refractivity contribution in [1.29, 1.82) is 0 Å². The minimum atomic E-state index is -4.54. The van der Waals surface area contributed by atoms with Crippen molar-refractivity contribution >= 4 is 55.8 Å². The molecule has 0 aliphatic carbocycles. The molecular formula is C22H22ClF4N5O2S2. The van der Waals surface area contributed by atoms with Gasteiger partial charge in [-0.25, -0.2) is 17.8 Å². The van der Waals surface area contributed by atoms with E-state index in [9.17, 15) is 26.0 Å². The number of nitrogens with one attached hydrogen (secondary N) is 2. The molecular weight excluding hydrogens is 542 g/mol. The van der Waals surface area contributed by atoms with Crippen molar-refractivity contribution in [3.63, 3.8) is 0 Å². The summed E-state index contributed by atoms with van der Waals surface area (Å²) in [5, 5.41) is 4.20. The number of thiazole rings is 1. The van der Waals surface area contributed by atoms with E-state index in [0.29, 0.717) is 13.1 Å². The minimum Gasteiger partial charge on any atom is -0.368 e. The van der Waals surface area contributed by atoms with E-state index in [1.165, 1.54) is 17.0 Å². The Morgan fingerprint density at radius 3 is 2.56 bits per heavy atom. The zero-order chi connectivity index (χ0) is 26.3. The van der Waals surface area contributed by atoms with Crippen molar-refractivity contribution in [2.75, 3.05) is 42.1 Å². The number of hydrogen-bond donors (Lipinski definition) is 2. The summed E-state index contributed by atoms with van der Waals surface area (Å²) < 4.78 is 82.6. The van der Waals surface area contributed by atoms with Crippen LogP contribution in [0, 0.1) is 5.82 Å². The van der Waals surface area contributed by atoms with Crippen molar-refractivity contribution in [2.24, 2.45) is 0 Å². The van der Waals surface area contributed by atoms with Gasteiger partial charge in [-0.05, 0) is 44.8 Å². The molecule has 0 amide bonds. The molecule has 4 rings (SSSR count). The van der Waals surface area contributed by atoms with E-state index in [4.69, 9.17) is 11.6 Å². The number of benzene rings is 2. The summed E-state index contributed by atoms with van der Waals surface area (Å²) in [5.41, 5.74) is 1.17. The fourth-order valence-corrected chi connectivity index (χ4v) is 5.81. The molecule has 1 saturated heterocycles. The number of sulfonamides is 1. The van der Waals surface area contributed by atoms with Crippen LogP contribution < -0.4 is 14.9 Å². The maximum absolute atomic E-state index is 14.9. The standard InChI is InChI=1S/C22H22ClF4N5O2S2/c1-31(2)14-5-6-32(10-14)19-7-13(22(25,26)27)3-4-17(19)29-18-9-16(24)20(8-15(18)23)36(33,34)30-21-11-35-12-28-21/h3-4,7-9,11-12,14,29-30H,5-6,10H2,1-2H3. The van der Waals surface area contributed by atoms with E-state index in [2.05, 4.69) is 15.0 Å². The summed E-state index contributed by atoms with van der Waals surface area (Å²) in [4.78, 5) is 6.95. The van der Waals surface area contributed by atoms with E-state index < -0.39 is 32.5 Å². The molecule has 0 saturated carbocycles. The number of rotatable bonds is 7. The first kappa shape index (κ1) is 26.5. The first-order valence-corrected chi connectivity index (χ1v) is 13.5. The lowest BCUT2D eigenvalue weighted by molar-refractivity contribution is -0.137. The third-order valence-electron chi connectivity index (χ3n) is 5.81. The van der Waals surface area contributed by atoms with E-state index in [1.807, 2.05) is 23.9 Å². The average molecular weight is 564 g/mol. The van der Waals surface area contributed by atoms with Gasteiger partial charge in [-0.3, -0.25) is 4.72 Å². The molecule has 14 heteroatoms. The fourth-order valence-electron chi connectivity index (χ4n) is 3.89. The van der Waals surface area contributed by atoms with Crippen LogP contribution in [0.4, 0.5) is 40.4 Å². The summed E-state index contributed by atoms with van der Waals surface area (Å²) >= 11 is 7.44. The number of likely N-dealkylation sites (N-methyl/N-ethyl adjacent to an activating group) is 1. The molecule has 2 aromatic carbocycles. The number of aromatic nitrogens is 1. The summed E-state index contributed by atoms with van der Waals surface area (Å²) in [5.74, 6) is -1.05. The second-order valence-corrected chi connectivity index (χ2v) is 11.2. The third-order valence-corrected chi connectivity index (χ3v) is 8.08. The molecule has 2 heterocycles. The quantitative estimate of drug-likeness (QED) is 0.362. The van der Waals surface area contributed by atoms with E-state index in [1.54, 1.807) is 0 Å². The molecule has 2 N–H and O–H groups in total. The molecule has 1 atom stereocenters. The lowest BCUT2D eigenvalue weighted by Crippen LogP contribution is -2.31. The lowest BCUT2D eigenvalue weighted by atomic mass is 10.1. The summed E-state index contributed by atoms with van der Waals surface area (Å²) in [6, 6.07) is 5.21. The fraction of sp³-hybridized carbons (Fsp3) is 0.318. The zero-order valence-corrected chi connectivity index (χ0v) is 21.5. The van der Waals surface area contributed by atoms with Gasteiger partial charge in [0.2, 0.25) is 0 Å². The number of nitrogens with zero attached hydrogens (tertiary/aromatic N) is 3. The Hall–Kier alpha value is -2.61. The molecule has 36 heavy (non-hydrogen) atoms. The number of halogens is 5. The molecule has 0 radical (unpaired) electrons. The third kappa shape index (κ3) is 5.69. The van der Waals surface area contributed by atoms with Crippen LogP contribution >= 0.6 is 22.9 Å². The van der Waals surface area contributed by atoms with Crippen LogP contribution in [-0.4, -0.2) is 51.5 Å². The van der Waals surface area contributed by atoms with Crippen LogP contribution in [0.5, 0.6) is 0 Å². The van der Waals surface area contributed by atoms with E-state index in [0.717, 1.165) is 42.0 Å². The van der Waals surface area contributed by atoms with Crippen LogP contribution in [0.15, 0.2) is 46.1 Å². The monoisotopic (exact) mass is 563 g/mol. The highest BCUT2D eigenvalue weighted by molar-refractivity contribution is 7.92. The van der Waals surface area contributed by atoms with Gasteiger partial charge in [0.05, 0.1) is 33.2 Å². The Morgan fingerprint density at radius 1 is 1.19 bits per heavy atom. The van der Waals surface area contributed by atoms with Crippen molar-refractivity contribution in [1.82, 2.24) is 9.88 Å². The smallest absolute Gasteiger partial charge is 0.368 e. The maximum Gasteiger partial charge on any atom is 0.416 e. The zero-order valence-electron chi connectivity index (χ0n) is 19.1. The van der Waals surface area contributed by atoms with Gasteiger partial charge in [0.15, 0.2) is 5.82 Å². The SMILES string of the molecule is CN(C)C1CCN(c2cc(C(F)(F)F)ccc2Nc2cc(F)c(S(=O)(=O)Nc3cscn3)cc2Cl)C1. The van der Waals surface area contributed by atoms with Gasteiger partial charge >= 0.3 is 6.18 Å². The van der Waals surface area contributed by atoms with Crippen LogP contribution in [0.25, 0.3) is 0 Å². The molecule has 0 spiro atoms. The molecule has 1 fully saturated rings. The summed E-state index contributed by atoms with van der Waals surface area (Å²) in [7, 11) is -0.507. The predicted octanol–water partition coefficient (Wildman–Crippen LogP) is 5.64. The molecule has 1 aliphatic rings. The van der Waals surface area contributed by atoms with Crippen molar-refractivity contribution in [3.8, 4) is 0 Å². The van der Waals surface area contributed by atoms with Crippen LogP contribution in [-0.2, 0) is 16.2 Å². The molecule has 1 unspecified atom stereocenters. The second kappa shape index (κ2) is 10.0. The second-order valence-electron chi connectivity index (χ2n) is 8.45. The molecule has 3 aromatic rings. The first-order chi connectivity index (χ1) is 16.8. The number of anilines is 4. The summed E-state index contributed by atoms with van der Waals surface area (Å²) in [6.45, 7) is 1.03.